The standard InChI is InChI=1S/C26H26FN5O/c1-16-12-20(13-17(2)24(16)27)32-25(30-11-10-28-26(30)33)23-21(29-32)14-19-8-9-22(23)31(19)15-18-6-4-3-5-7-18/h3-7,10-13,19,22H,8-9,14-15H2,1-2H3,(H,28,33). The van der Waals surface area contributed by atoms with Gasteiger partial charge in [0, 0.05) is 43.0 Å². The molecule has 0 aliphatic carbocycles. The van der Waals surface area contributed by atoms with Crippen LogP contribution in [0.25, 0.3) is 11.5 Å². The molecule has 2 aliphatic heterocycles. The molecule has 1 fully saturated rings. The topological polar surface area (TPSA) is 58.9 Å². The number of fused-ring (bicyclic) bond motifs is 4. The number of hydrogen-bond acceptors (Lipinski definition) is 3. The van der Waals surface area contributed by atoms with Crippen LogP contribution in [0.15, 0.2) is 59.7 Å². The van der Waals surface area contributed by atoms with E-state index in [0.29, 0.717) is 17.2 Å². The van der Waals surface area contributed by atoms with Crippen molar-refractivity contribution in [1.29, 1.82) is 0 Å². The zero-order chi connectivity index (χ0) is 22.7. The van der Waals surface area contributed by atoms with E-state index in [1.165, 1.54) is 5.56 Å². The van der Waals surface area contributed by atoms with Crippen molar-refractivity contribution < 1.29 is 4.39 Å². The van der Waals surface area contributed by atoms with Gasteiger partial charge in [-0.05, 0) is 55.5 Å². The fourth-order valence-corrected chi connectivity index (χ4v) is 5.62. The molecule has 2 bridgehead atoms. The monoisotopic (exact) mass is 443 g/mol. The number of nitrogens with zero attached hydrogens (tertiary/aromatic N) is 4. The number of hydrogen-bond donors (Lipinski definition) is 1. The minimum atomic E-state index is -0.205. The van der Waals surface area contributed by atoms with Gasteiger partial charge in [-0.1, -0.05) is 30.3 Å². The first-order valence-corrected chi connectivity index (χ1v) is 11.5. The number of aromatic amines is 1. The highest BCUT2D eigenvalue weighted by molar-refractivity contribution is 5.51. The molecule has 4 aromatic rings. The highest BCUT2D eigenvalue weighted by atomic mass is 19.1. The first-order valence-electron chi connectivity index (χ1n) is 11.5. The van der Waals surface area contributed by atoms with E-state index < -0.39 is 0 Å². The van der Waals surface area contributed by atoms with Gasteiger partial charge in [-0.15, -0.1) is 0 Å². The zero-order valence-electron chi connectivity index (χ0n) is 18.8. The van der Waals surface area contributed by atoms with Crippen LogP contribution in [0.2, 0.25) is 0 Å². The van der Waals surface area contributed by atoms with Crippen molar-refractivity contribution in [1.82, 2.24) is 24.2 Å². The SMILES string of the molecule is Cc1cc(-n2nc3c(c2-n2cc[nH]c2=O)C2CCC(C3)N2Cc2ccccc2)cc(C)c1F. The van der Waals surface area contributed by atoms with Crippen LogP contribution in [0.5, 0.6) is 0 Å². The molecule has 6 rings (SSSR count). The Morgan fingerprint density at radius 2 is 1.88 bits per heavy atom. The molecule has 2 unspecified atom stereocenters. The molecule has 6 nitrogen and oxygen atoms in total. The summed E-state index contributed by atoms with van der Waals surface area (Å²) in [5, 5.41) is 5.01. The molecule has 0 saturated carbocycles. The van der Waals surface area contributed by atoms with Gasteiger partial charge in [0.15, 0.2) is 0 Å². The van der Waals surface area contributed by atoms with Crippen LogP contribution in [-0.4, -0.2) is 30.3 Å². The lowest BCUT2D eigenvalue weighted by molar-refractivity contribution is 0.167. The smallest absolute Gasteiger partial charge is 0.312 e. The Morgan fingerprint density at radius 1 is 1.12 bits per heavy atom. The molecule has 2 aliphatic rings. The van der Waals surface area contributed by atoms with E-state index in [-0.39, 0.29) is 17.5 Å². The lowest BCUT2D eigenvalue weighted by Crippen LogP contribution is -2.37. The van der Waals surface area contributed by atoms with Crippen LogP contribution in [0, 0.1) is 19.7 Å². The lowest BCUT2D eigenvalue weighted by atomic mass is 9.98. The van der Waals surface area contributed by atoms with Gasteiger partial charge in [-0.3, -0.25) is 9.47 Å². The van der Waals surface area contributed by atoms with Gasteiger partial charge in [0.25, 0.3) is 0 Å². The van der Waals surface area contributed by atoms with Crippen LogP contribution in [-0.2, 0) is 13.0 Å². The second kappa shape index (κ2) is 7.56. The molecule has 0 spiro atoms. The quantitative estimate of drug-likeness (QED) is 0.510. The summed E-state index contributed by atoms with van der Waals surface area (Å²) in [6.45, 7) is 4.40. The van der Waals surface area contributed by atoms with Gasteiger partial charge in [-0.25, -0.2) is 13.9 Å². The number of benzene rings is 2. The van der Waals surface area contributed by atoms with Gasteiger partial charge < -0.3 is 4.98 Å². The first-order chi connectivity index (χ1) is 16.0. The van der Waals surface area contributed by atoms with E-state index in [1.807, 2.05) is 22.9 Å². The van der Waals surface area contributed by atoms with Gasteiger partial charge in [0.1, 0.15) is 11.6 Å². The summed E-state index contributed by atoms with van der Waals surface area (Å²) in [7, 11) is 0. The van der Waals surface area contributed by atoms with E-state index in [0.717, 1.165) is 48.6 Å². The summed E-state index contributed by atoms with van der Waals surface area (Å²) in [5.74, 6) is 0.550. The number of aromatic nitrogens is 4. The van der Waals surface area contributed by atoms with Crippen LogP contribution < -0.4 is 5.69 Å². The van der Waals surface area contributed by atoms with Crippen LogP contribution in [0.4, 0.5) is 4.39 Å². The maximum absolute atomic E-state index is 14.4. The Labute approximate surface area is 191 Å². The largest absolute Gasteiger partial charge is 0.331 e. The number of aryl methyl sites for hydroxylation is 2. The summed E-state index contributed by atoms with van der Waals surface area (Å²) < 4.78 is 17.8. The maximum Gasteiger partial charge on any atom is 0.331 e. The Kier molecular flexibility index (Phi) is 4.62. The summed E-state index contributed by atoms with van der Waals surface area (Å²) in [5.41, 5.74) is 5.14. The summed E-state index contributed by atoms with van der Waals surface area (Å²) in [4.78, 5) is 18.1. The van der Waals surface area contributed by atoms with E-state index in [1.54, 1.807) is 30.8 Å². The third-order valence-corrected chi connectivity index (χ3v) is 7.13. The number of nitrogens with one attached hydrogen (secondary N) is 1. The minimum absolute atomic E-state index is 0.187. The van der Waals surface area contributed by atoms with Gasteiger partial charge >= 0.3 is 5.69 Å². The molecule has 168 valence electrons. The number of halogens is 1. The van der Waals surface area contributed by atoms with Crippen molar-refractivity contribution in [2.75, 3.05) is 0 Å². The van der Waals surface area contributed by atoms with E-state index in [2.05, 4.69) is 34.1 Å². The lowest BCUT2D eigenvalue weighted by Gasteiger charge is -2.34. The van der Waals surface area contributed by atoms with Crippen molar-refractivity contribution in [2.45, 2.75) is 51.7 Å². The number of H-pyrrole nitrogens is 1. The van der Waals surface area contributed by atoms with Crippen molar-refractivity contribution in [3.8, 4) is 11.5 Å². The maximum atomic E-state index is 14.4. The zero-order valence-corrected chi connectivity index (χ0v) is 18.8. The third kappa shape index (κ3) is 3.18. The van der Waals surface area contributed by atoms with E-state index in [9.17, 15) is 9.18 Å². The molecule has 7 heteroatoms. The predicted octanol–water partition coefficient (Wildman–Crippen LogP) is 4.37. The molecule has 0 radical (unpaired) electrons. The van der Waals surface area contributed by atoms with Crippen molar-refractivity contribution >= 4 is 0 Å². The van der Waals surface area contributed by atoms with Gasteiger partial charge in [0.2, 0.25) is 0 Å². The van der Waals surface area contributed by atoms with Gasteiger partial charge in [-0.2, -0.15) is 5.10 Å². The summed E-state index contributed by atoms with van der Waals surface area (Å²) in [6, 6.07) is 14.8. The molecule has 2 atom stereocenters. The molecule has 2 aromatic carbocycles. The average Bonchev–Trinajstić information content (AvgIpc) is 3.47. The fraction of sp³-hybridized carbons (Fsp3) is 0.308. The number of imidazole rings is 1. The third-order valence-electron chi connectivity index (χ3n) is 7.13. The Hall–Kier alpha value is -3.45. The predicted molar refractivity (Wildman–Crippen MR) is 124 cm³/mol. The molecule has 0 amide bonds. The first kappa shape index (κ1) is 20.2. The summed E-state index contributed by atoms with van der Waals surface area (Å²) >= 11 is 0. The fourth-order valence-electron chi connectivity index (χ4n) is 5.62. The molecule has 4 heterocycles. The molecule has 33 heavy (non-hydrogen) atoms. The minimum Gasteiger partial charge on any atom is -0.312 e. The van der Waals surface area contributed by atoms with Crippen molar-refractivity contribution in [3.63, 3.8) is 0 Å². The van der Waals surface area contributed by atoms with Crippen LogP contribution in [0.3, 0.4) is 0 Å². The van der Waals surface area contributed by atoms with Crippen molar-refractivity contribution in [2.24, 2.45) is 0 Å². The van der Waals surface area contributed by atoms with Crippen LogP contribution in [0.1, 0.15) is 46.8 Å². The Balaban J connectivity index is 1.53. The average molecular weight is 444 g/mol. The van der Waals surface area contributed by atoms with E-state index in [4.69, 9.17) is 5.10 Å². The van der Waals surface area contributed by atoms with Gasteiger partial charge in [0.05, 0.1) is 11.4 Å². The van der Waals surface area contributed by atoms with E-state index >= 15 is 0 Å². The second-order valence-corrected chi connectivity index (χ2v) is 9.23. The molecular weight excluding hydrogens is 417 g/mol. The highest BCUT2D eigenvalue weighted by Gasteiger charge is 2.44. The summed E-state index contributed by atoms with van der Waals surface area (Å²) in [6.07, 6.45) is 6.39. The normalized spacial score (nSPS) is 19.7. The van der Waals surface area contributed by atoms with Crippen molar-refractivity contribution in [3.05, 3.63) is 99.1 Å². The molecule has 2 aromatic heterocycles. The second-order valence-electron chi connectivity index (χ2n) is 9.23. The molecular formula is C26H26FN5O. The molecule has 1 N–H and O–H groups in total. The molecule has 1 saturated heterocycles. The van der Waals surface area contributed by atoms with Crippen LogP contribution >= 0.6 is 0 Å². The number of rotatable bonds is 4. The highest BCUT2D eigenvalue weighted by Crippen LogP contribution is 2.47. The Bertz CT molecular complexity index is 1380. The Morgan fingerprint density at radius 3 is 2.58 bits per heavy atom.